The van der Waals surface area contributed by atoms with Crippen LogP contribution >= 0.6 is 0 Å². The van der Waals surface area contributed by atoms with E-state index in [-0.39, 0.29) is 11.7 Å². The molecule has 1 aliphatic heterocycles. The van der Waals surface area contributed by atoms with E-state index < -0.39 is 0 Å². The third kappa shape index (κ3) is 4.81. The molecule has 2 aromatic heterocycles. The average Bonchev–Trinajstić information content (AvgIpc) is 3.11. The minimum absolute atomic E-state index is 0.171. The summed E-state index contributed by atoms with van der Waals surface area (Å²) in [7, 11) is 4.15. The summed E-state index contributed by atoms with van der Waals surface area (Å²) in [4.78, 5) is 20.4. The van der Waals surface area contributed by atoms with Crippen LogP contribution in [0, 0.1) is 5.82 Å². The van der Waals surface area contributed by atoms with Crippen molar-refractivity contribution in [1.82, 2.24) is 24.6 Å². The smallest absolute Gasteiger partial charge is 0.222 e. The first kappa shape index (κ1) is 21.1. The SMILES string of the molecule is CC(=O)Nc1cc(-c2c(-c3ccc(F)cc3)nn3c2CN(CCN(C)C)CC3)ccn1. The Kier molecular flexibility index (Phi) is 6.11. The van der Waals surface area contributed by atoms with Crippen molar-refractivity contribution < 1.29 is 9.18 Å². The Bertz CT molecular complexity index is 1080. The van der Waals surface area contributed by atoms with Crippen LogP contribution in [0.15, 0.2) is 42.6 Å². The van der Waals surface area contributed by atoms with E-state index in [1.54, 1.807) is 18.3 Å². The maximum absolute atomic E-state index is 13.5. The highest BCUT2D eigenvalue weighted by Gasteiger charge is 2.26. The van der Waals surface area contributed by atoms with Gasteiger partial charge in [-0.2, -0.15) is 5.10 Å². The van der Waals surface area contributed by atoms with Gasteiger partial charge in [0.15, 0.2) is 0 Å². The molecule has 1 N–H and O–H groups in total. The lowest BCUT2D eigenvalue weighted by Crippen LogP contribution is -2.38. The van der Waals surface area contributed by atoms with E-state index in [1.165, 1.54) is 19.1 Å². The van der Waals surface area contributed by atoms with E-state index in [0.717, 1.165) is 60.8 Å². The van der Waals surface area contributed by atoms with Crippen molar-refractivity contribution in [3.8, 4) is 22.4 Å². The van der Waals surface area contributed by atoms with Crippen LogP contribution in [-0.2, 0) is 17.9 Å². The van der Waals surface area contributed by atoms with Crippen LogP contribution in [0.1, 0.15) is 12.6 Å². The zero-order valence-electron chi connectivity index (χ0n) is 18.1. The summed E-state index contributed by atoms with van der Waals surface area (Å²) < 4.78 is 15.6. The van der Waals surface area contributed by atoms with Gasteiger partial charge in [-0.05, 0) is 56.1 Å². The lowest BCUT2D eigenvalue weighted by atomic mass is 9.98. The molecule has 0 spiro atoms. The van der Waals surface area contributed by atoms with Crippen LogP contribution in [0.3, 0.4) is 0 Å². The van der Waals surface area contributed by atoms with Crippen molar-refractivity contribution in [2.24, 2.45) is 0 Å². The highest BCUT2D eigenvalue weighted by atomic mass is 19.1. The molecule has 0 bridgehead atoms. The minimum Gasteiger partial charge on any atom is -0.311 e. The molecule has 0 saturated carbocycles. The van der Waals surface area contributed by atoms with Gasteiger partial charge in [-0.1, -0.05) is 0 Å². The Morgan fingerprint density at radius 3 is 2.65 bits per heavy atom. The number of anilines is 1. The fourth-order valence-corrected chi connectivity index (χ4v) is 3.85. The van der Waals surface area contributed by atoms with Crippen LogP contribution in [-0.4, -0.2) is 64.2 Å². The molecule has 0 fully saturated rings. The summed E-state index contributed by atoms with van der Waals surface area (Å²) in [6.07, 6.45) is 1.69. The van der Waals surface area contributed by atoms with Gasteiger partial charge in [-0.3, -0.25) is 14.4 Å². The molecule has 1 aliphatic rings. The molecule has 0 atom stereocenters. The molecule has 3 aromatic rings. The number of amides is 1. The van der Waals surface area contributed by atoms with Gasteiger partial charge in [0.25, 0.3) is 0 Å². The highest BCUT2D eigenvalue weighted by Crippen LogP contribution is 2.37. The van der Waals surface area contributed by atoms with Crippen LogP contribution in [0.5, 0.6) is 0 Å². The quantitative estimate of drug-likeness (QED) is 0.661. The van der Waals surface area contributed by atoms with E-state index in [9.17, 15) is 9.18 Å². The number of carbonyl (C=O) groups is 1. The fraction of sp³-hybridized carbons (Fsp3) is 0.348. The largest absolute Gasteiger partial charge is 0.311 e. The van der Waals surface area contributed by atoms with Gasteiger partial charge >= 0.3 is 0 Å². The molecule has 162 valence electrons. The molecule has 3 heterocycles. The third-order valence-electron chi connectivity index (χ3n) is 5.39. The molecule has 4 rings (SSSR count). The maximum atomic E-state index is 13.5. The van der Waals surface area contributed by atoms with Crippen molar-refractivity contribution in [2.75, 3.05) is 39.0 Å². The molecular formula is C23H27FN6O. The van der Waals surface area contributed by atoms with Gasteiger partial charge in [-0.15, -0.1) is 0 Å². The molecule has 0 radical (unpaired) electrons. The number of halogens is 1. The predicted molar refractivity (Wildman–Crippen MR) is 119 cm³/mol. The number of benzene rings is 1. The number of nitrogens with zero attached hydrogens (tertiary/aromatic N) is 5. The molecule has 31 heavy (non-hydrogen) atoms. The predicted octanol–water partition coefficient (Wildman–Crippen LogP) is 3.09. The zero-order valence-corrected chi connectivity index (χ0v) is 18.1. The number of carbonyl (C=O) groups excluding carboxylic acids is 1. The Labute approximate surface area is 181 Å². The Balaban J connectivity index is 1.79. The lowest BCUT2D eigenvalue weighted by molar-refractivity contribution is -0.114. The summed E-state index contributed by atoms with van der Waals surface area (Å²) in [6.45, 7) is 5.91. The standard InChI is InChI=1S/C23H27FN6O/c1-16(31)26-21-14-18(8-9-25-21)22-20-15-29(11-10-28(2)3)12-13-30(20)27-23(22)17-4-6-19(24)7-5-17/h4-9,14H,10-13,15H2,1-3H3,(H,25,26,31). The van der Waals surface area contributed by atoms with Crippen molar-refractivity contribution in [1.29, 1.82) is 0 Å². The van der Waals surface area contributed by atoms with Crippen LogP contribution in [0.4, 0.5) is 10.2 Å². The second-order valence-electron chi connectivity index (χ2n) is 8.09. The third-order valence-corrected chi connectivity index (χ3v) is 5.39. The van der Waals surface area contributed by atoms with Crippen LogP contribution < -0.4 is 5.32 Å². The molecule has 8 heteroatoms. The molecule has 0 aliphatic carbocycles. The average molecular weight is 423 g/mol. The number of hydrogen-bond acceptors (Lipinski definition) is 5. The van der Waals surface area contributed by atoms with Crippen LogP contribution in [0.25, 0.3) is 22.4 Å². The zero-order chi connectivity index (χ0) is 22.0. The van der Waals surface area contributed by atoms with Gasteiger partial charge in [0.05, 0.1) is 12.2 Å². The van der Waals surface area contributed by atoms with E-state index >= 15 is 0 Å². The van der Waals surface area contributed by atoms with Crippen molar-refractivity contribution in [2.45, 2.75) is 20.0 Å². The summed E-state index contributed by atoms with van der Waals surface area (Å²) in [6, 6.07) is 10.2. The van der Waals surface area contributed by atoms with Gasteiger partial charge in [0.1, 0.15) is 17.3 Å². The summed E-state index contributed by atoms with van der Waals surface area (Å²) in [5, 5.41) is 7.65. The topological polar surface area (TPSA) is 66.3 Å². The first-order valence-electron chi connectivity index (χ1n) is 10.4. The fourth-order valence-electron chi connectivity index (χ4n) is 3.85. The second-order valence-corrected chi connectivity index (χ2v) is 8.09. The van der Waals surface area contributed by atoms with Gasteiger partial charge in [0.2, 0.25) is 5.91 Å². The Morgan fingerprint density at radius 1 is 1.16 bits per heavy atom. The first-order valence-corrected chi connectivity index (χ1v) is 10.4. The molecular weight excluding hydrogens is 395 g/mol. The number of likely N-dealkylation sites (N-methyl/N-ethyl adjacent to an activating group) is 1. The molecule has 1 aromatic carbocycles. The molecule has 7 nitrogen and oxygen atoms in total. The number of hydrogen-bond donors (Lipinski definition) is 1. The van der Waals surface area contributed by atoms with Gasteiger partial charge in [-0.25, -0.2) is 9.37 Å². The number of rotatable bonds is 6. The van der Waals surface area contributed by atoms with Gasteiger partial charge in [0, 0.05) is 50.4 Å². The first-order chi connectivity index (χ1) is 14.9. The number of nitrogens with one attached hydrogen (secondary N) is 1. The number of fused-ring (bicyclic) bond motifs is 1. The van der Waals surface area contributed by atoms with E-state index in [4.69, 9.17) is 5.10 Å². The summed E-state index contributed by atoms with van der Waals surface area (Å²) >= 11 is 0. The summed E-state index contributed by atoms with van der Waals surface area (Å²) in [5.74, 6) is 0.0478. The molecule has 0 saturated heterocycles. The van der Waals surface area contributed by atoms with E-state index in [2.05, 4.69) is 38.9 Å². The lowest BCUT2D eigenvalue weighted by Gasteiger charge is -2.29. The van der Waals surface area contributed by atoms with E-state index in [0.29, 0.717) is 5.82 Å². The maximum Gasteiger partial charge on any atom is 0.222 e. The molecule has 0 unspecified atom stereocenters. The number of pyridine rings is 1. The molecule has 1 amide bonds. The normalized spacial score (nSPS) is 14.0. The van der Waals surface area contributed by atoms with Gasteiger partial charge < -0.3 is 10.2 Å². The highest BCUT2D eigenvalue weighted by molar-refractivity contribution is 5.89. The van der Waals surface area contributed by atoms with Crippen LogP contribution in [0.2, 0.25) is 0 Å². The van der Waals surface area contributed by atoms with Crippen molar-refractivity contribution in [3.05, 3.63) is 54.1 Å². The number of aromatic nitrogens is 3. The van der Waals surface area contributed by atoms with Crippen molar-refractivity contribution in [3.63, 3.8) is 0 Å². The van der Waals surface area contributed by atoms with Crippen molar-refractivity contribution >= 4 is 11.7 Å². The Morgan fingerprint density at radius 2 is 1.94 bits per heavy atom. The Hall–Kier alpha value is -3.10. The van der Waals surface area contributed by atoms with E-state index in [1.807, 2.05) is 12.1 Å². The summed E-state index contributed by atoms with van der Waals surface area (Å²) in [5.41, 5.74) is 4.70. The second kappa shape index (κ2) is 8.95. The monoisotopic (exact) mass is 422 g/mol. The minimum atomic E-state index is -0.277.